The monoisotopic (exact) mass is 414 g/mol. The van der Waals surface area contributed by atoms with E-state index >= 15 is 0 Å². The van der Waals surface area contributed by atoms with Crippen LogP contribution in [-0.4, -0.2) is 29.2 Å². The van der Waals surface area contributed by atoms with Gasteiger partial charge < -0.3 is 5.32 Å². The first kappa shape index (κ1) is 20.8. The van der Waals surface area contributed by atoms with Gasteiger partial charge in [-0.25, -0.2) is 0 Å². The Balaban J connectivity index is 1.44. The average Bonchev–Trinajstić information content (AvgIpc) is 2.74. The minimum atomic E-state index is -0.298. The SMILES string of the molecule is CC(C)(C)c1ccccc1NC(=O)CCCN1C(=O)c2cccc3cccc(c23)C1=O. The maximum absolute atomic E-state index is 12.9. The predicted octanol–water partition coefficient (Wildman–Crippen LogP) is 5.15. The summed E-state index contributed by atoms with van der Waals surface area (Å²) in [5.74, 6) is -0.725. The second-order valence-corrected chi connectivity index (χ2v) is 8.92. The number of hydrogen-bond donors (Lipinski definition) is 1. The fraction of sp³-hybridized carbons (Fsp3) is 0.269. The Morgan fingerprint density at radius 3 is 2.10 bits per heavy atom. The normalized spacial score (nSPS) is 13.6. The van der Waals surface area contributed by atoms with E-state index in [0.29, 0.717) is 22.9 Å². The van der Waals surface area contributed by atoms with E-state index in [1.807, 2.05) is 48.5 Å². The van der Waals surface area contributed by atoms with Gasteiger partial charge in [0.2, 0.25) is 5.91 Å². The molecule has 0 spiro atoms. The van der Waals surface area contributed by atoms with Crippen LogP contribution in [0.1, 0.15) is 59.9 Å². The summed E-state index contributed by atoms with van der Waals surface area (Å²) in [7, 11) is 0. The summed E-state index contributed by atoms with van der Waals surface area (Å²) in [6, 6.07) is 18.7. The molecule has 1 aliphatic rings. The van der Waals surface area contributed by atoms with Gasteiger partial charge in [-0.05, 0) is 41.0 Å². The highest BCUT2D eigenvalue weighted by Crippen LogP contribution is 2.31. The van der Waals surface area contributed by atoms with Crippen molar-refractivity contribution in [1.82, 2.24) is 4.90 Å². The van der Waals surface area contributed by atoms with Gasteiger partial charge in [-0.15, -0.1) is 0 Å². The highest BCUT2D eigenvalue weighted by molar-refractivity contribution is 6.25. The molecule has 5 nitrogen and oxygen atoms in total. The summed E-state index contributed by atoms with van der Waals surface area (Å²) >= 11 is 0. The smallest absolute Gasteiger partial charge is 0.261 e. The lowest BCUT2D eigenvalue weighted by Gasteiger charge is -2.27. The summed E-state index contributed by atoms with van der Waals surface area (Å²) in [6.07, 6.45) is 0.626. The van der Waals surface area contributed by atoms with Crippen molar-refractivity contribution in [3.63, 3.8) is 0 Å². The van der Waals surface area contributed by atoms with Crippen molar-refractivity contribution in [2.45, 2.75) is 39.0 Å². The summed E-state index contributed by atoms with van der Waals surface area (Å²) in [4.78, 5) is 39.7. The Labute approximate surface area is 182 Å². The van der Waals surface area contributed by atoms with Gasteiger partial charge in [0.15, 0.2) is 0 Å². The number of para-hydroxylation sites is 1. The third kappa shape index (κ3) is 3.96. The fourth-order valence-corrected chi connectivity index (χ4v) is 4.14. The number of amides is 3. The molecule has 3 amide bonds. The Hall–Kier alpha value is -3.47. The molecule has 3 aromatic rings. The van der Waals surface area contributed by atoms with Crippen molar-refractivity contribution in [2.75, 3.05) is 11.9 Å². The van der Waals surface area contributed by atoms with Gasteiger partial charge >= 0.3 is 0 Å². The quantitative estimate of drug-likeness (QED) is 0.587. The van der Waals surface area contributed by atoms with E-state index < -0.39 is 0 Å². The molecule has 0 aliphatic carbocycles. The van der Waals surface area contributed by atoms with Crippen LogP contribution in [0.15, 0.2) is 60.7 Å². The number of nitrogens with one attached hydrogen (secondary N) is 1. The first-order valence-electron chi connectivity index (χ1n) is 10.5. The molecule has 0 radical (unpaired) electrons. The van der Waals surface area contributed by atoms with E-state index in [9.17, 15) is 14.4 Å². The van der Waals surface area contributed by atoms with Gasteiger partial charge in [0.05, 0.1) is 0 Å². The topological polar surface area (TPSA) is 66.5 Å². The Morgan fingerprint density at radius 2 is 1.48 bits per heavy atom. The van der Waals surface area contributed by atoms with Crippen molar-refractivity contribution >= 4 is 34.2 Å². The second kappa shape index (κ2) is 7.99. The van der Waals surface area contributed by atoms with Gasteiger partial charge in [0.1, 0.15) is 0 Å². The van der Waals surface area contributed by atoms with Gasteiger partial charge in [0.25, 0.3) is 11.8 Å². The largest absolute Gasteiger partial charge is 0.326 e. The summed E-state index contributed by atoms with van der Waals surface area (Å²) in [6.45, 7) is 6.51. The molecule has 1 aliphatic heterocycles. The van der Waals surface area contributed by atoms with Crippen LogP contribution in [0.4, 0.5) is 5.69 Å². The van der Waals surface area contributed by atoms with Crippen LogP contribution in [0, 0.1) is 0 Å². The molecule has 0 unspecified atom stereocenters. The summed E-state index contributed by atoms with van der Waals surface area (Å²) in [5, 5.41) is 4.58. The lowest BCUT2D eigenvalue weighted by molar-refractivity contribution is -0.116. The number of anilines is 1. The number of benzene rings is 3. The molecule has 0 atom stereocenters. The number of carbonyl (C=O) groups is 3. The number of rotatable bonds is 5. The molecule has 0 saturated carbocycles. The minimum Gasteiger partial charge on any atom is -0.326 e. The average molecular weight is 415 g/mol. The zero-order valence-corrected chi connectivity index (χ0v) is 18.1. The van der Waals surface area contributed by atoms with E-state index in [1.165, 1.54) is 4.90 Å². The zero-order valence-electron chi connectivity index (χ0n) is 18.1. The van der Waals surface area contributed by atoms with E-state index in [4.69, 9.17) is 0 Å². The van der Waals surface area contributed by atoms with E-state index in [1.54, 1.807) is 12.1 Å². The van der Waals surface area contributed by atoms with E-state index in [-0.39, 0.29) is 36.1 Å². The standard InChI is InChI=1S/C26H26N2O3/c1-26(2,3)20-13-4-5-14-21(20)27-22(29)15-8-16-28-24(30)18-11-6-9-17-10-7-12-19(23(17)18)25(28)31/h4-7,9-14H,8,15-16H2,1-3H3,(H,27,29). The zero-order chi connectivity index (χ0) is 22.2. The number of nitrogens with zero attached hydrogens (tertiary/aromatic N) is 1. The van der Waals surface area contributed by atoms with E-state index in [0.717, 1.165) is 16.6 Å². The molecule has 0 fully saturated rings. The molecule has 4 rings (SSSR count). The molecule has 5 heteroatoms. The van der Waals surface area contributed by atoms with Crippen LogP contribution in [-0.2, 0) is 10.2 Å². The molecule has 1 N–H and O–H groups in total. The second-order valence-electron chi connectivity index (χ2n) is 8.92. The minimum absolute atomic E-state index is 0.0923. The molecular formula is C26H26N2O3. The highest BCUT2D eigenvalue weighted by Gasteiger charge is 2.32. The maximum atomic E-state index is 12.9. The first-order chi connectivity index (χ1) is 14.8. The van der Waals surface area contributed by atoms with Gasteiger partial charge in [-0.3, -0.25) is 19.3 Å². The number of imide groups is 1. The van der Waals surface area contributed by atoms with Crippen LogP contribution in [0.3, 0.4) is 0 Å². The first-order valence-corrected chi connectivity index (χ1v) is 10.5. The Morgan fingerprint density at radius 1 is 0.871 bits per heavy atom. The predicted molar refractivity (Wildman–Crippen MR) is 122 cm³/mol. The van der Waals surface area contributed by atoms with Crippen LogP contribution >= 0.6 is 0 Å². The van der Waals surface area contributed by atoms with Crippen molar-refractivity contribution in [3.8, 4) is 0 Å². The lowest BCUT2D eigenvalue weighted by Crippen LogP contribution is -2.41. The van der Waals surface area contributed by atoms with Crippen LogP contribution in [0.2, 0.25) is 0 Å². The number of carbonyl (C=O) groups excluding carboxylic acids is 3. The molecule has 158 valence electrons. The molecule has 0 bridgehead atoms. The third-order valence-electron chi connectivity index (χ3n) is 5.65. The fourth-order valence-electron chi connectivity index (χ4n) is 4.14. The molecule has 1 heterocycles. The maximum Gasteiger partial charge on any atom is 0.261 e. The van der Waals surface area contributed by atoms with Crippen molar-refractivity contribution in [3.05, 3.63) is 77.4 Å². The highest BCUT2D eigenvalue weighted by atomic mass is 16.2. The molecular weight excluding hydrogens is 388 g/mol. The van der Waals surface area contributed by atoms with Crippen LogP contribution in [0.25, 0.3) is 10.8 Å². The van der Waals surface area contributed by atoms with Gasteiger partial charge in [0, 0.05) is 35.2 Å². The molecule has 3 aromatic carbocycles. The van der Waals surface area contributed by atoms with Crippen LogP contribution in [0.5, 0.6) is 0 Å². The third-order valence-corrected chi connectivity index (χ3v) is 5.65. The van der Waals surface area contributed by atoms with Crippen LogP contribution < -0.4 is 5.32 Å². The summed E-state index contributed by atoms with van der Waals surface area (Å²) in [5.41, 5.74) is 2.85. The van der Waals surface area contributed by atoms with Crippen molar-refractivity contribution < 1.29 is 14.4 Å². The Bertz CT molecular complexity index is 1140. The summed E-state index contributed by atoms with van der Waals surface area (Å²) < 4.78 is 0. The van der Waals surface area contributed by atoms with E-state index in [2.05, 4.69) is 26.1 Å². The molecule has 31 heavy (non-hydrogen) atoms. The Kier molecular flexibility index (Phi) is 5.36. The number of hydrogen-bond acceptors (Lipinski definition) is 3. The van der Waals surface area contributed by atoms with Crippen molar-refractivity contribution in [2.24, 2.45) is 0 Å². The van der Waals surface area contributed by atoms with Crippen molar-refractivity contribution in [1.29, 1.82) is 0 Å². The van der Waals surface area contributed by atoms with Gasteiger partial charge in [-0.1, -0.05) is 63.2 Å². The molecule has 0 aromatic heterocycles. The molecule has 0 saturated heterocycles. The lowest BCUT2D eigenvalue weighted by atomic mass is 9.86. The van der Waals surface area contributed by atoms with Gasteiger partial charge in [-0.2, -0.15) is 0 Å².